The van der Waals surface area contributed by atoms with Gasteiger partial charge in [-0.2, -0.15) is 4.98 Å². The molecule has 1 aromatic carbocycles. The van der Waals surface area contributed by atoms with E-state index in [2.05, 4.69) is 29.1 Å². The molecule has 2 heterocycles. The van der Waals surface area contributed by atoms with E-state index in [1.807, 2.05) is 0 Å². The summed E-state index contributed by atoms with van der Waals surface area (Å²) in [6.07, 6.45) is 2.11. The summed E-state index contributed by atoms with van der Waals surface area (Å²) in [5.74, 6) is 1.29. The lowest BCUT2D eigenvalue weighted by Crippen LogP contribution is -1.96. The van der Waals surface area contributed by atoms with Crippen LogP contribution < -0.4 is 0 Å². The maximum Gasteiger partial charge on any atom is 0.296 e. The van der Waals surface area contributed by atoms with Crippen molar-refractivity contribution in [3.05, 3.63) is 36.0 Å². The third-order valence-electron chi connectivity index (χ3n) is 3.82. The van der Waals surface area contributed by atoms with Gasteiger partial charge in [0.05, 0.1) is 10.6 Å². The highest BCUT2D eigenvalue weighted by Crippen LogP contribution is 2.26. The van der Waals surface area contributed by atoms with Gasteiger partial charge in [0.15, 0.2) is 9.84 Å². The van der Waals surface area contributed by atoms with E-state index in [9.17, 15) is 8.42 Å². The molecule has 0 radical (unpaired) electrons. The van der Waals surface area contributed by atoms with E-state index in [4.69, 9.17) is 9.05 Å². The SMILES string of the molecule is CC[C@H](C)c1cc(-c2nc(-c3ccc(S(C)(=O)=O)cc3)no2)on1. The molecule has 0 aliphatic heterocycles. The molecule has 1 atom stereocenters. The van der Waals surface area contributed by atoms with Crippen molar-refractivity contribution in [2.24, 2.45) is 0 Å². The van der Waals surface area contributed by atoms with Gasteiger partial charge in [0, 0.05) is 23.8 Å². The first-order chi connectivity index (χ1) is 11.4. The van der Waals surface area contributed by atoms with Crippen LogP contribution in [-0.4, -0.2) is 30.0 Å². The predicted molar refractivity (Wildman–Crippen MR) is 87.0 cm³/mol. The van der Waals surface area contributed by atoms with Crippen LogP contribution in [0.5, 0.6) is 0 Å². The Hall–Kier alpha value is -2.48. The molecular weight excluding hydrogens is 330 g/mol. The highest BCUT2D eigenvalue weighted by molar-refractivity contribution is 7.90. The minimum atomic E-state index is -3.24. The van der Waals surface area contributed by atoms with Crippen molar-refractivity contribution >= 4 is 9.84 Å². The highest BCUT2D eigenvalue weighted by Gasteiger charge is 2.18. The Morgan fingerprint density at radius 1 is 1.12 bits per heavy atom. The van der Waals surface area contributed by atoms with Gasteiger partial charge in [-0.1, -0.05) is 24.2 Å². The quantitative estimate of drug-likeness (QED) is 0.698. The molecular formula is C16H17N3O4S. The number of hydrogen-bond donors (Lipinski definition) is 0. The largest absolute Gasteiger partial charge is 0.351 e. The maximum absolute atomic E-state index is 11.5. The van der Waals surface area contributed by atoms with Crippen LogP contribution in [0.2, 0.25) is 0 Å². The Kier molecular flexibility index (Phi) is 4.23. The molecule has 0 fully saturated rings. The molecule has 7 nitrogen and oxygen atoms in total. The molecule has 0 saturated carbocycles. The molecule has 0 N–H and O–H groups in total. The molecule has 2 aromatic heterocycles. The summed E-state index contributed by atoms with van der Waals surface area (Å²) in [6.45, 7) is 4.13. The van der Waals surface area contributed by atoms with Gasteiger partial charge in [-0.3, -0.25) is 0 Å². The van der Waals surface area contributed by atoms with Crippen molar-refractivity contribution in [1.82, 2.24) is 15.3 Å². The number of rotatable bonds is 5. The van der Waals surface area contributed by atoms with Gasteiger partial charge in [0.1, 0.15) is 0 Å². The maximum atomic E-state index is 11.5. The predicted octanol–water partition coefficient (Wildman–Crippen LogP) is 3.31. The first-order valence-corrected chi connectivity index (χ1v) is 9.39. The molecule has 0 unspecified atom stereocenters. The standard InChI is InChI=1S/C16H17N3O4S/c1-4-10(2)13-9-14(22-18-13)16-17-15(19-23-16)11-5-7-12(8-6-11)24(3,20)21/h5-10H,4H2,1-3H3/t10-/m0/s1. The monoisotopic (exact) mass is 347 g/mol. The van der Waals surface area contributed by atoms with Crippen LogP contribution >= 0.6 is 0 Å². The van der Waals surface area contributed by atoms with Crippen molar-refractivity contribution in [2.75, 3.05) is 6.26 Å². The van der Waals surface area contributed by atoms with Crippen LogP contribution in [0.3, 0.4) is 0 Å². The third kappa shape index (κ3) is 3.23. The number of nitrogens with zero attached hydrogens (tertiary/aromatic N) is 3. The minimum Gasteiger partial charge on any atom is -0.351 e. The summed E-state index contributed by atoms with van der Waals surface area (Å²) in [5.41, 5.74) is 1.49. The van der Waals surface area contributed by atoms with E-state index < -0.39 is 9.84 Å². The van der Waals surface area contributed by atoms with Crippen LogP contribution in [0, 0.1) is 0 Å². The van der Waals surface area contributed by atoms with E-state index in [0.29, 0.717) is 17.1 Å². The first kappa shape index (κ1) is 16.4. The van der Waals surface area contributed by atoms with Gasteiger partial charge in [-0.05, 0) is 30.7 Å². The Morgan fingerprint density at radius 2 is 1.83 bits per heavy atom. The number of benzene rings is 1. The van der Waals surface area contributed by atoms with E-state index in [1.54, 1.807) is 18.2 Å². The van der Waals surface area contributed by atoms with Crippen molar-refractivity contribution in [3.8, 4) is 23.0 Å². The molecule has 0 bridgehead atoms. The normalized spacial score (nSPS) is 13.1. The van der Waals surface area contributed by atoms with E-state index in [0.717, 1.165) is 18.4 Å². The molecule has 8 heteroatoms. The van der Waals surface area contributed by atoms with Gasteiger partial charge in [-0.25, -0.2) is 8.42 Å². The second kappa shape index (κ2) is 6.20. The molecule has 0 amide bonds. The van der Waals surface area contributed by atoms with Gasteiger partial charge >= 0.3 is 0 Å². The molecule has 126 valence electrons. The summed E-state index contributed by atoms with van der Waals surface area (Å²) >= 11 is 0. The lowest BCUT2D eigenvalue weighted by molar-refractivity contribution is 0.379. The van der Waals surface area contributed by atoms with Crippen LogP contribution in [0.1, 0.15) is 31.9 Å². The lowest BCUT2D eigenvalue weighted by Gasteiger charge is -1.99. The summed E-state index contributed by atoms with van der Waals surface area (Å²) in [5, 5.41) is 7.92. The fourth-order valence-electron chi connectivity index (χ4n) is 2.12. The third-order valence-corrected chi connectivity index (χ3v) is 4.95. The second-order valence-corrected chi connectivity index (χ2v) is 7.66. The second-order valence-electron chi connectivity index (χ2n) is 5.65. The van der Waals surface area contributed by atoms with E-state index in [-0.39, 0.29) is 16.7 Å². The minimum absolute atomic E-state index is 0.235. The van der Waals surface area contributed by atoms with Crippen LogP contribution in [0.15, 0.2) is 44.3 Å². The fraction of sp³-hybridized carbons (Fsp3) is 0.312. The lowest BCUT2D eigenvalue weighted by atomic mass is 10.1. The number of aromatic nitrogens is 3. The van der Waals surface area contributed by atoms with Crippen LogP contribution in [0.4, 0.5) is 0 Å². The Morgan fingerprint density at radius 3 is 2.46 bits per heavy atom. The Labute approximate surface area is 139 Å². The smallest absolute Gasteiger partial charge is 0.296 e. The molecule has 0 spiro atoms. The summed E-state index contributed by atoms with van der Waals surface area (Å²) in [7, 11) is -3.24. The first-order valence-electron chi connectivity index (χ1n) is 7.49. The molecule has 3 rings (SSSR count). The Bertz CT molecular complexity index is 942. The van der Waals surface area contributed by atoms with Crippen molar-refractivity contribution in [3.63, 3.8) is 0 Å². The van der Waals surface area contributed by atoms with Gasteiger partial charge in [-0.15, -0.1) is 0 Å². The zero-order chi connectivity index (χ0) is 17.3. The van der Waals surface area contributed by atoms with Crippen molar-refractivity contribution < 1.29 is 17.5 Å². The number of hydrogen-bond acceptors (Lipinski definition) is 7. The van der Waals surface area contributed by atoms with Gasteiger partial charge in [0.25, 0.3) is 5.89 Å². The number of sulfone groups is 1. The fourth-order valence-corrected chi connectivity index (χ4v) is 2.75. The molecule has 0 aliphatic rings. The molecule has 0 aliphatic carbocycles. The van der Waals surface area contributed by atoms with Crippen LogP contribution in [-0.2, 0) is 9.84 Å². The van der Waals surface area contributed by atoms with Crippen LogP contribution in [0.25, 0.3) is 23.0 Å². The van der Waals surface area contributed by atoms with E-state index >= 15 is 0 Å². The molecule has 24 heavy (non-hydrogen) atoms. The van der Waals surface area contributed by atoms with Gasteiger partial charge in [0.2, 0.25) is 11.6 Å². The zero-order valence-corrected chi connectivity index (χ0v) is 14.4. The summed E-state index contributed by atoms with van der Waals surface area (Å²) < 4.78 is 33.4. The average Bonchev–Trinajstić information content (AvgIpc) is 3.22. The van der Waals surface area contributed by atoms with E-state index in [1.165, 1.54) is 12.1 Å². The molecule has 0 saturated heterocycles. The Balaban J connectivity index is 1.87. The van der Waals surface area contributed by atoms with Gasteiger partial charge < -0.3 is 9.05 Å². The highest BCUT2D eigenvalue weighted by atomic mass is 32.2. The summed E-state index contributed by atoms with van der Waals surface area (Å²) in [4.78, 5) is 4.52. The van der Waals surface area contributed by atoms with Crippen molar-refractivity contribution in [2.45, 2.75) is 31.1 Å². The summed E-state index contributed by atoms with van der Waals surface area (Å²) in [6, 6.07) is 8.08. The topological polar surface area (TPSA) is 99.1 Å². The van der Waals surface area contributed by atoms with Crippen molar-refractivity contribution in [1.29, 1.82) is 0 Å². The average molecular weight is 347 g/mol. The zero-order valence-electron chi connectivity index (χ0n) is 13.6. The molecule has 3 aromatic rings.